The van der Waals surface area contributed by atoms with E-state index in [1.807, 2.05) is 0 Å². The Morgan fingerprint density at radius 2 is 2.27 bits per heavy atom. The summed E-state index contributed by atoms with van der Waals surface area (Å²) in [6, 6.07) is 0. The molecule has 1 aliphatic carbocycles. The summed E-state index contributed by atoms with van der Waals surface area (Å²) < 4.78 is 5.19. The van der Waals surface area contributed by atoms with Crippen LogP contribution in [0.5, 0.6) is 0 Å². The number of carbonyl (C=O) groups is 1. The molecular weight excluding hydrogens is 208 g/mol. The Bertz CT molecular complexity index is 183. The number of hydrogen-bond donors (Lipinski definition) is 0. The topological polar surface area (TPSA) is 26.3 Å². The van der Waals surface area contributed by atoms with E-state index in [9.17, 15) is 4.79 Å². The van der Waals surface area contributed by atoms with Gasteiger partial charge in [-0.15, -0.1) is 0 Å². The number of esters is 1. The van der Waals surface area contributed by atoms with Crippen molar-refractivity contribution < 1.29 is 9.53 Å². The molecule has 2 nitrogen and oxygen atoms in total. The summed E-state index contributed by atoms with van der Waals surface area (Å²) in [6.07, 6.45) is 5.29. The summed E-state index contributed by atoms with van der Waals surface area (Å²) in [6.45, 7) is 0. The summed E-state index contributed by atoms with van der Waals surface area (Å²) in [5.74, 6) is -0.0312. The molecular formula is C8H11BrO2. The molecule has 0 unspecified atom stereocenters. The number of carbonyl (C=O) groups excluding carboxylic acids is 1. The lowest BCUT2D eigenvalue weighted by molar-refractivity contribution is -0.195. The molecule has 2 aliphatic rings. The Hall–Kier alpha value is -0.0500. The molecule has 1 heterocycles. The van der Waals surface area contributed by atoms with Crippen molar-refractivity contribution in [2.45, 2.75) is 42.5 Å². The molecule has 1 saturated carbocycles. The minimum Gasteiger partial charge on any atom is -0.457 e. The molecule has 0 amide bonds. The van der Waals surface area contributed by atoms with Crippen LogP contribution in [-0.2, 0) is 9.53 Å². The zero-order valence-corrected chi connectivity index (χ0v) is 7.89. The van der Waals surface area contributed by atoms with Gasteiger partial charge in [-0.25, -0.2) is 0 Å². The van der Waals surface area contributed by atoms with Gasteiger partial charge in [0, 0.05) is 0 Å². The third-order valence-corrected chi connectivity index (χ3v) is 3.93. The first-order chi connectivity index (χ1) is 5.23. The van der Waals surface area contributed by atoms with Crippen molar-refractivity contribution in [2.75, 3.05) is 0 Å². The van der Waals surface area contributed by atoms with E-state index >= 15 is 0 Å². The molecule has 0 aromatic carbocycles. The highest BCUT2D eigenvalue weighted by Gasteiger charge is 2.51. The maximum Gasteiger partial charge on any atom is 0.310 e. The number of hydrogen-bond acceptors (Lipinski definition) is 2. The van der Waals surface area contributed by atoms with Gasteiger partial charge in [-0.05, 0) is 19.3 Å². The minimum atomic E-state index is -0.102. The second-order valence-electron chi connectivity index (χ2n) is 3.43. The molecule has 1 saturated heterocycles. The number of halogens is 1. The largest absolute Gasteiger partial charge is 0.457 e. The first-order valence-corrected chi connectivity index (χ1v) is 5.00. The molecule has 62 valence electrons. The second-order valence-corrected chi connectivity index (χ2v) is 4.53. The van der Waals surface area contributed by atoms with Crippen LogP contribution in [0, 0.1) is 0 Å². The van der Waals surface area contributed by atoms with Gasteiger partial charge in [0.2, 0.25) is 0 Å². The monoisotopic (exact) mass is 218 g/mol. The summed E-state index contributed by atoms with van der Waals surface area (Å²) in [5, 5.41) is 0. The highest BCUT2D eigenvalue weighted by molar-refractivity contribution is 9.09. The van der Waals surface area contributed by atoms with Crippen LogP contribution >= 0.6 is 15.9 Å². The molecule has 1 aliphatic heterocycles. The van der Waals surface area contributed by atoms with E-state index in [0.29, 0.717) is 11.2 Å². The predicted octanol–water partition coefficient (Wildman–Crippen LogP) is 2.01. The number of alkyl halides is 1. The standard InChI is InChI=1S/C8H11BrO2/c9-6-3-1-2-4-8(6)5-7(10)11-8/h6H,1-5H2/t6-,8+/m1/s1. The molecule has 0 aromatic heterocycles. The highest BCUT2D eigenvalue weighted by atomic mass is 79.9. The third-order valence-electron chi connectivity index (χ3n) is 2.64. The number of rotatable bonds is 0. The van der Waals surface area contributed by atoms with Crippen LogP contribution in [0.15, 0.2) is 0 Å². The van der Waals surface area contributed by atoms with E-state index in [0.717, 1.165) is 12.8 Å². The fraction of sp³-hybridized carbons (Fsp3) is 0.875. The lowest BCUT2D eigenvalue weighted by atomic mass is 9.79. The van der Waals surface area contributed by atoms with Crippen LogP contribution in [-0.4, -0.2) is 16.4 Å². The van der Waals surface area contributed by atoms with Gasteiger partial charge in [0.25, 0.3) is 0 Å². The molecule has 2 rings (SSSR count). The van der Waals surface area contributed by atoms with Crippen molar-refractivity contribution in [3.8, 4) is 0 Å². The third kappa shape index (κ3) is 1.10. The van der Waals surface area contributed by atoms with Gasteiger partial charge in [-0.3, -0.25) is 4.79 Å². The van der Waals surface area contributed by atoms with Crippen molar-refractivity contribution in [1.82, 2.24) is 0 Å². The van der Waals surface area contributed by atoms with Crippen molar-refractivity contribution in [3.63, 3.8) is 0 Å². The van der Waals surface area contributed by atoms with Crippen LogP contribution in [0.3, 0.4) is 0 Å². The molecule has 2 atom stereocenters. The zero-order valence-electron chi connectivity index (χ0n) is 6.31. The summed E-state index contributed by atoms with van der Waals surface area (Å²) in [4.78, 5) is 11.1. The van der Waals surface area contributed by atoms with E-state index in [1.165, 1.54) is 12.8 Å². The van der Waals surface area contributed by atoms with Crippen LogP contribution in [0.25, 0.3) is 0 Å². The lowest BCUT2D eigenvalue weighted by Gasteiger charge is -2.46. The van der Waals surface area contributed by atoms with Gasteiger partial charge in [0.15, 0.2) is 0 Å². The Balaban J connectivity index is 2.05. The van der Waals surface area contributed by atoms with Crippen LogP contribution in [0.1, 0.15) is 32.1 Å². The first-order valence-electron chi connectivity index (χ1n) is 4.09. The van der Waals surface area contributed by atoms with Gasteiger partial charge in [0.05, 0.1) is 11.2 Å². The molecule has 11 heavy (non-hydrogen) atoms. The Morgan fingerprint density at radius 3 is 2.82 bits per heavy atom. The Kier molecular flexibility index (Phi) is 1.71. The highest BCUT2D eigenvalue weighted by Crippen LogP contribution is 2.44. The van der Waals surface area contributed by atoms with Gasteiger partial charge in [-0.1, -0.05) is 22.4 Å². The van der Waals surface area contributed by atoms with Crippen molar-refractivity contribution >= 4 is 21.9 Å². The first kappa shape index (κ1) is 7.59. The van der Waals surface area contributed by atoms with E-state index in [4.69, 9.17) is 4.74 Å². The summed E-state index contributed by atoms with van der Waals surface area (Å²) in [7, 11) is 0. The molecule has 0 aromatic rings. The average Bonchev–Trinajstić information content (AvgIpc) is 1.92. The maximum absolute atomic E-state index is 10.7. The van der Waals surface area contributed by atoms with Gasteiger partial charge >= 0.3 is 5.97 Å². The van der Waals surface area contributed by atoms with Gasteiger partial charge in [-0.2, -0.15) is 0 Å². The maximum atomic E-state index is 10.7. The molecule has 0 bridgehead atoms. The van der Waals surface area contributed by atoms with E-state index in [-0.39, 0.29) is 11.6 Å². The van der Waals surface area contributed by atoms with Crippen LogP contribution < -0.4 is 0 Å². The average molecular weight is 219 g/mol. The van der Waals surface area contributed by atoms with E-state index < -0.39 is 0 Å². The Labute approximate surface area is 74.4 Å². The molecule has 1 spiro atoms. The van der Waals surface area contributed by atoms with E-state index in [2.05, 4.69) is 15.9 Å². The molecule has 0 N–H and O–H groups in total. The number of ether oxygens (including phenoxy) is 1. The SMILES string of the molecule is O=C1C[C@]2(CCCC[C@H]2Br)O1. The van der Waals surface area contributed by atoms with Crippen molar-refractivity contribution in [3.05, 3.63) is 0 Å². The van der Waals surface area contributed by atoms with Crippen molar-refractivity contribution in [2.24, 2.45) is 0 Å². The fourth-order valence-corrected chi connectivity index (χ4v) is 2.75. The minimum absolute atomic E-state index is 0.0312. The smallest absolute Gasteiger partial charge is 0.310 e. The Morgan fingerprint density at radius 1 is 1.55 bits per heavy atom. The van der Waals surface area contributed by atoms with Crippen LogP contribution in [0.4, 0.5) is 0 Å². The van der Waals surface area contributed by atoms with Gasteiger partial charge in [0.1, 0.15) is 5.60 Å². The van der Waals surface area contributed by atoms with Crippen LogP contribution in [0.2, 0.25) is 0 Å². The lowest BCUT2D eigenvalue weighted by Crippen LogP contribution is -2.55. The quantitative estimate of drug-likeness (QED) is 0.460. The van der Waals surface area contributed by atoms with Crippen molar-refractivity contribution in [1.29, 1.82) is 0 Å². The van der Waals surface area contributed by atoms with Gasteiger partial charge < -0.3 is 4.74 Å². The molecule has 0 radical (unpaired) electrons. The summed E-state index contributed by atoms with van der Waals surface area (Å²) >= 11 is 3.57. The normalized spacial score (nSPS) is 43.4. The fourth-order valence-electron chi connectivity index (χ4n) is 1.94. The second kappa shape index (κ2) is 2.47. The predicted molar refractivity (Wildman–Crippen MR) is 44.6 cm³/mol. The summed E-state index contributed by atoms with van der Waals surface area (Å²) in [5.41, 5.74) is -0.102. The zero-order chi connectivity index (χ0) is 7.90. The van der Waals surface area contributed by atoms with E-state index in [1.54, 1.807) is 0 Å². The molecule has 2 fully saturated rings. The molecule has 3 heteroatoms.